The molecule has 2 N–H and O–H groups in total. The van der Waals surface area contributed by atoms with Crippen LogP contribution in [0.5, 0.6) is 0 Å². The van der Waals surface area contributed by atoms with Crippen molar-refractivity contribution >= 4 is 40.5 Å². The maximum atomic E-state index is 13.2. The molecule has 1 amide bonds. The minimum Gasteiger partial charge on any atom is -0.478 e. The Morgan fingerprint density at radius 3 is 2.48 bits per heavy atom. The molecule has 0 atom stereocenters. The zero-order chi connectivity index (χ0) is 18.0. The fraction of sp³-hybridized carbons (Fsp3) is 0. The number of nitrogens with one attached hydrogen (secondary N) is 1. The summed E-state index contributed by atoms with van der Waals surface area (Å²) >= 11 is 7.05. The van der Waals surface area contributed by atoms with Crippen molar-refractivity contribution in [3.05, 3.63) is 75.9 Å². The van der Waals surface area contributed by atoms with Gasteiger partial charge in [-0.15, -0.1) is 11.3 Å². The van der Waals surface area contributed by atoms with Crippen molar-refractivity contribution in [2.24, 2.45) is 0 Å². The summed E-state index contributed by atoms with van der Waals surface area (Å²) in [7, 11) is 0. The van der Waals surface area contributed by atoms with E-state index >= 15 is 0 Å². The van der Waals surface area contributed by atoms with Crippen molar-refractivity contribution in [2.75, 3.05) is 5.32 Å². The lowest BCUT2D eigenvalue weighted by Gasteiger charge is -2.06. The van der Waals surface area contributed by atoms with Crippen LogP contribution in [0.2, 0.25) is 5.02 Å². The summed E-state index contributed by atoms with van der Waals surface area (Å²) in [6.45, 7) is 0. The van der Waals surface area contributed by atoms with Gasteiger partial charge in [-0.3, -0.25) is 4.79 Å². The molecular formula is C18H11ClFNO3S. The average molecular weight is 376 g/mol. The fourth-order valence-electron chi connectivity index (χ4n) is 2.30. The van der Waals surface area contributed by atoms with Gasteiger partial charge in [-0.1, -0.05) is 29.8 Å². The van der Waals surface area contributed by atoms with E-state index in [4.69, 9.17) is 11.6 Å². The molecule has 25 heavy (non-hydrogen) atoms. The number of rotatable bonds is 4. The zero-order valence-electron chi connectivity index (χ0n) is 12.6. The summed E-state index contributed by atoms with van der Waals surface area (Å²) in [5, 5.41) is 14.2. The van der Waals surface area contributed by atoms with Crippen LogP contribution in [0.3, 0.4) is 0 Å². The first-order valence-electron chi connectivity index (χ1n) is 7.13. The minimum atomic E-state index is -1.17. The molecule has 0 saturated carbocycles. The first-order chi connectivity index (χ1) is 12.0. The monoisotopic (exact) mass is 375 g/mol. The highest BCUT2D eigenvalue weighted by Gasteiger charge is 2.21. The number of halogens is 2. The Bertz CT molecular complexity index is 953. The second kappa shape index (κ2) is 7.04. The first-order valence-corrected chi connectivity index (χ1v) is 8.39. The lowest BCUT2D eigenvalue weighted by molar-refractivity contribution is 0.0699. The third kappa shape index (κ3) is 3.70. The van der Waals surface area contributed by atoms with Crippen LogP contribution >= 0.6 is 22.9 Å². The van der Waals surface area contributed by atoms with Gasteiger partial charge < -0.3 is 10.4 Å². The standard InChI is InChI=1S/C18H11ClFNO3S/c19-12-6-4-10(5-7-12)16-15(18(23)24)14(9-25-16)21-17(22)11-2-1-3-13(20)8-11/h1-9H,(H,21,22)(H,23,24). The minimum absolute atomic E-state index is 0.0166. The molecule has 0 saturated heterocycles. The lowest BCUT2D eigenvalue weighted by atomic mass is 10.1. The van der Waals surface area contributed by atoms with Gasteiger partial charge in [0.15, 0.2) is 0 Å². The first kappa shape index (κ1) is 17.1. The van der Waals surface area contributed by atoms with Gasteiger partial charge in [0.1, 0.15) is 11.4 Å². The third-order valence-corrected chi connectivity index (χ3v) is 4.73. The number of amides is 1. The summed E-state index contributed by atoms with van der Waals surface area (Å²) in [6.07, 6.45) is 0. The van der Waals surface area contributed by atoms with Crippen molar-refractivity contribution in [3.8, 4) is 10.4 Å². The van der Waals surface area contributed by atoms with Crippen molar-refractivity contribution in [3.63, 3.8) is 0 Å². The normalized spacial score (nSPS) is 10.5. The molecule has 4 nitrogen and oxygen atoms in total. The molecule has 0 bridgehead atoms. The van der Waals surface area contributed by atoms with Crippen LogP contribution in [-0.2, 0) is 0 Å². The molecule has 0 fully saturated rings. The van der Waals surface area contributed by atoms with E-state index in [2.05, 4.69) is 5.32 Å². The topological polar surface area (TPSA) is 66.4 Å². The van der Waals surface area contributed by atoms with E-state index in [1.807, 2.05) is 0 Å². The quantitative estimate of drug-likeness (QED) is 0.662. The molecule has 1 heterocycles. The van der Waals surface area contributed by atoms with Crippen LogP contribution in [0.15, 0.2) is 53.9 Å². The van der Waals surface area contributed by atoms with Gasteiger partial charge in [0, 0.05) is 16.0 Å². The van der Waals surface area contributed by atoms with Crippen molar-refractivity contribution < 1.29 is 19.1 Å². The Kier molecular flexibility index (Phi) is 4.83. The molecule has 1 aromatic heterocycles. The van der Waals surface area contributed by atoms with Crippen LogP contribution in [0, 0.1) is 5.82 Å². The van der Waals surface area contributed by atoms with Gasteiger partial charge in [-0.05, 0) is 35.9 Å². The number of hydrogen-bond donors (Lipinski definition) is 2. The maximum absolute atomic E-state index is 13.2. The van der Waals surface area contributed by atoms with E-state index in [9.17, 15) is 19.1 Å². The Morgan fingerprint density at radius 1 is 1.12 bits per heavy atom. The molecule has 0 spiro atoms. The highest BCUT2D eigenvalue weighted by Crippen LogP contribution is 2.36. The molecule has 7 heteroatoms. The molecule has 126 valence electrons. The Morgan fingerprint density at radius 2 is 1.84 bits per heavy atom. The van der Waals surface area contributed by atoms with Crippen molar-refractivity contribution in [1.29, 1.82) is 0 Å². The summed E-state index contributed by atoms with van der Waals surface area (Å²) in [5.74, 6) is -2.29. The van der Waals surface area contributed by atoms with Crippen molar-refractivity contribution in [1.82, 2.24) is 0 Å². The van der Waals surface area contributed by atoms with Gasteiger partial charge in [0.05, 0.1) is 10.6 Å². The average Bonchev–Trinajstić information content (AvgIpc) is 2.99. The third-order valence-electron chi connectivity index (χ3n) is 3.45. The number of carbonyl (C=O) groups excluding carboxylic acids is 1. The number of benzene rings is 2. The summed E-state index contributed by atoms with van der Waals surface area (Å²) < 4.78 is 13.2. The molecule has 2 aromatic carbocycles. The van der Waals surface area contributed by atoms with Crippen LogP contribution in [-0.4, -0.2) is 17.0 Å². The SMILES string of the molecule is O=C(Nc1csc(-c2ccc(Cl)cc2)c1C(=O)O)c1cccc(F)c1. The van der Waals surface area contributed by atoms with Crippen LogP contribution in [0.25, 0.3) is 10.4 Å². The summed E-state index contributed by atoms with van der Waals surface area (Å²) in [4.78, 5) is 24.4. The van der Waals surface area contributed by atoms with E-state index in [-0.39, 0.29) is 16.8 Å². The number of thiophene rings is 1. The number of carboxylic acids is 1. The van der Waals surface area contributed by atoms with E-state index < -0.39 is 17.7 Å². The number of anilines is 1. The van der Waals surface area contributed by atoms with Gasteiger partial charge in [0.2, 0.25) is 0 Å². The van der Waals surface area contributed by atoms with Crippen LogP contribution < -0.4 is 5.32 Å². The number of hydrogen-bond acceptors (Lipinski definition) is 3. The molecule has 0 aliphatic rings. The molecule has 0 radical (unpaired) electrons. The predicted octanol–water partition coefficient (Wildman–Crippen LogP) is 5.16. The van der Waals surface area contributed by atoms with E-state index in [1.54, 1.807) is 29.6 Å². The Hall–Kier alpha value is -2.70. The molecule has 3 rings (SSSR count). The Labute approximate surface area is 151 Å². The molecule has 3 aromatic rings. The summed E-state index contributed by atoms with van der Waals surface area (Å²) in [6, 6.07) is 11.9. The predicted molar refractivity (Wildman–Crippen MR) is 96.1 cm³/mol. The molecule has 0 unspecified atom stereocenters. The molecule has 0 aliphatic carbocycles. The van der Waals surface area contributed by atoms with Gasteiger partial charge in [0.25, 0.3) is 5.91 Å². The number of carbonyl (C=O) groups is 2. The van der Waals surface area contributed by atoms with E-state index in [0.717, 1.165) is 6.07 Å². The largest absolute Gasteiger partial charge is 0.478 e. The van der Waals surface area contributed by atoms with E-state index in [1.165, 1.54) is 29.5 Å². The summed E-state index contributed by atoms with van der Waals surface area (Å²) in [5.41, 5.74) is 0.933. The smallest absolute Gasteiger partial charge is 0.339 e. The Balaban J connectivity index is 1.96. The van der Waals surface area contributed by atoms with Crippen LogP contribution in [0.4, 0.5) is 10.1 Å². The van der Waals surface area contributed by atoms with Crippen LogP contribution in [0.1, 0.15) is 20.7 Å². The molecular weight excluding hydrogens is 365 g/mol. The van der Waals surface area contributed by atoms with Gasteiger partial charge >= 0.3 is 5.97 Å². The fourth-order valence-corrected chi connectivity index (χ4v) is 3.43. The maximum Gasteiger partial charge on any atom is 0.339 e. The lowest BCUT2D eigenvalue weighted by Crippen LogP contribution is -2.14. The number of aromatic carboxylic acids is 1. The second-order valence-corrected chi connectivity index (χ2v) is 6.45. The number of carboxylic acid groups (broad SMARTS) is 1. The van der Waals surface area contributed by atoms with E-state index in [0.29, 0.717) is 15.5 Å². The highest BCUT2D eigenvalue weighted by atomic mass is 35.5. The molecule has 0 aliphatic heterocycles. The van der Waals surface area contributed by atoms with Gasteiger partial charge in [-0.2, -0.15) is 0 Å². The highest BCUT2D eigenvalue weighted by molar-refractivity contribution is 7.14. The van der Waals surface area contributed by atoms with Gasteiger partial charge in [-0.25, -0.2) is 9.18 Å². The zero-order valence-corrected chi connectivity index (χ0v) is 14.2. The second-order valence-electron chi connectivity index (χ2n) is 5.13. The van der Waals surface area contributed by atoms with Crippen molar-refractivity contribution in [2.45, 2.75) is 0 Å².